The largest absolute Gasteiger partial charge is 0.274 e. The summed E-state index contributed by atoms with van der Waals surface area (Å²) >= 11 is 0. The van der Waals surface area contributed by atoms with E-state index >= 15 is 0 Å². The molecule has 0 heterocycles. The highest BCUT2D eigenvalue weighted by Crippen LogP contribution is 1.92. The van der Waals surface area contributed by atoms with Crippen LogP contribution >= 0.6 is 0 Å². The summed E-state index contributed by atoms with van der Waals surface area (Å²) in [5.74, 6) is -0.419. The first-order valence-electron chi connectivity index (χ1n) is 3.10. The minimum atomic E-state index is -2.76. The van der Waals surface area contributed by atoms with Gasteiger partial charge < -0.3 is 0 Å². The number of hydrogen-bond acceptors (Lipinski definition) is 3. The Morgan fingerprint density at radius 3 is 2.50 bits per heavy atom. The van der Waals surface area contributed by atoms with Crippen molar-refractivity contribution in [3.05, 3.63) is 0 Å². The van der Waals surface area contributed by atoms with Crippen LogP contribution in [-0.2, 0) is 15.7 Å². The molecule has 5 heteroatoms. The predicted molar refractivity (Wildman–Crippen MR) is 38.0 cm³/mol. The van der Waals surface area contributed by atoms with Crippen molar-refractivity contribution in [2.75, 3.05) is 0 Å². The third-order valence-electron chi connectivity index (χ3n) is 0.973. The summed E-state index contributed by atoms with van der Waals surface area (Å²) in [6.07, 6.45) is 1.91. The molecule has 0 rings (SSSR count). The van der Waals surface area contributed by atoms with Crippen LogP contribution in [0.3, 0.4) is 0 Å². The van der Waals surface area contributed by atoms with Crippen LogP contribution in [-0.4, -0.2) is 14.3 Å². The van der Waals surface area contributed by atoms with Gasteiger partial charge >= 0.3 is 0 Å². The van der Waals surface area contributed by atoms with Crippen LogP contribution in [0.15, 0.2) is 0 Å². The second-order valence-corrected chi connectivity index (χ2v) is 2.63. The van der Waals surface area contributed by atoms with Gasteiger partial charge in [0.25, 0.3) is 0 Å². The number of carbonyl (C=O) groups is 1. The van der Waals surface area contributed by atoms with E-state index in [-0.39, 0.29) is 0 Å². The zero-order valence-corrected chi connectivity index (χ0v) is 6.69. The van der Waals surface area contributed by atoms with Crippen LogP contribution < -0.4 is 4.72 Å². The molecule has 0 spiro atoms. The van der Waals surface area contributed by atoms with Gasteiger partial charge in [0, 0.05) is 6.42 Å². The highest BCUT2D eigenvalue weighted by Gasteiger charge is 1.98. The summed E-state index contributed by atoms with van der Waals surface area (Å²) in [7, 11) is -2.76. The Bertz CT molecular complexity index is 168. The molecule has 0 saturated heterocycles. The summed E-state index contributed by atoms with van der Waals surface area (Å²) < 4.78 is 21.5. The van der Waals surface area contributed by atoms with Gasteiger partial charge in [0.05, 0.1) is 0 Å². The number of nitrogens with one attached hydrogen (secondary N) is 1. The van der Waals surface area contributed by atoms with Crippen LogP contribution in [0.1, 0.15) is 26.2 Å². The summed E-state index contributed by atoms with van der Waals surface area (Å²) in [4.78, 5) is 10.5. The monoisotopic (exact) mass is 165 g/mol. The average Bonchev–Trinajstić information content (AvgIpc) is 1.82. The molecule has 4 nitrogen and oxygen atoms in total. The molecule has 60 valence electrons. The fourth-order valence-electron chi connectivity index (χ4n) is 0.495. The van der Waals surface area contributed by atoms with Crippen LogP contribution in [0, 0.1) is 0 Å². The van der Waals surface area contributed by atoms with Gasteiger partial charge in [-0.2, -0.15) is 0 Å². The molecule has 0 aliphatic carbocycles. The highest BCUT2D eigenvalue weighted by atomic mass is 32.2. The molecule has 0 aliphatic heterocycles. The molecule has 0 radical (unpaired) electrons. The van der Waals surface area contributed by atoms with Crippen molar-refractivity contribution in [3.8, 4) is 0 Å². The van der Waals surface area contributed by atoms with E-state index in [1.54, 1.807) is 4.72 Å². The fourth-order valence-corrected chi connectivity index (χ4v) is 0.810. The van der Waals surface area contributed by atoms with Crippen molar-refractivity contribution in [1.29, 1.82) is 0 Å². The number of unbranched alkanes of at least 4 members (excludes halogenated alkanes) is 1. The van der Waals surface area contributed by atoms with E-state index in [9.17, 15) is 13.2 Å². The summed E-state index contributed by atoms with van der Waals surface area (Å²) in [5.41, 5.74) is 0. The Labute approximate surface area is 61.7 Å². The lowest BCUT2D eigenvalue weighted by molar-refractivity contribution is -0.119. The molecule has 0 bridgehead atoms. The molecule has 0 atom stereocenters. The first-order valence-corrected chi connectivity index (χ1v) is 4.28. The molecule has 0 aromatic carbocycles. The summed E-state index contributed by atoms with van der Waals surface area (Å²) in [6, 6.07) is 0. The van der Waals surface area contributed by atoms with Gasteiger partial charge in [0.15, 0.2) is 0 Å². The summed E-state index contributed by atoms with van der Waals surface area (Å²) in [5, 5.41) is 0. The van der Waals surface area contributed by atoms with Crippen molar-refractivity contribution < 1.29 is 13.2 Å². The smallest absolute Gasteiger partial charge is 0.233 e. The van der Waals surface area contributed by atoms with E-state index in [1.165, 1.54) is 0 Å². The molecule has 0 unspecified atom stereocenters. The van der Waals surface area contributed by atoms with Crippen molar-refractivity contribution in [3.63, 3.8) is 0 Å². The number of amides is 1. The van der Waals surface area contributed by atoms with Crippen LogP contribution in [0.5, 0.6) is 0 Å². The normalized spacial score (nSPS) is 9.80. The van der Waals surface area contributed by atoms with Gasteiger partial charge in [-0.3, -0.25) is 9.52 Å². The minimum absolute atomic E-state index is 0.291. The Morgan fingerprint density at radius 1 is 1.50 bits per heavy atom. The Kier molecular flexibility index (Phi) is 4.92. The third kappa shape index (κ3) is 5.55. The topological polar surface area (TPSA) is 63.2 Å². The predicted octanol–water partition coefficient (Wildman–Crippen LogP) is -0.181. The van der Waals surface area contributed by atoms with Crippen molar-refractivity contribution >= 4 is 16.8 Å². The van der Waals surface area contributed by atoms with Crippen molar-refractivity contribution in [1.82, 2.24) is 4.72 Å². The highest BCUT2D eigenvalue weighted by molar-refractivity contribution is 7.70. The van der Waals surface area contributed by atoms with E-state index in [0.717, 1.165) is 12.8 Å². The second-order valence-electron chi connectivity index (χ2n) is 1.90. The maximum absolute atomic E-state index is 10.5. The number of rotatable bonds is 4. The van der Waals surface area contributed by atoms with E-state index in [2.05, 4.69) is 0 Å². The zero-order valence-electron chi connectivity index (χ0n) is 5.79. The number of thiol groups is 1. The lowest BCUT2D eigenvalue weighted by atomic mass is 10.2. The van der Waals surface area contributed by atoms with Gasteiger partial charge in [-0.15, -0.1) is 0 Å². The molecule has 1 N–H and O–H groups in total. The van der Waals surface area contributed by atoms with E-state index in [1.807, 2.05) is 6.92 Å². The molecule has 1 amide bonds. The number of carbonyl (C=O) groups excluding carboxylic acids is 1. The van der Waals surface area contributed by atoms with Crippen LogP contribution in [0.2, 0.25) is 0 Å². The lowest BCUT2D eigenvalue weighted by Crippen LogP contribution is -2.20. The molecule has 0 aromatic rings. The first-order chi connectivity index (χ1) is 4.66. The average molecular weight is 165 g/mol. The first kappa shape index (κ1) is 9.42. The van der Waals surface area contributed by atoms with E-state index in [0.29, 0.717) is 6.42 Å². The van der Waals surface area contributed by atoms with E-state index < -0.39 is 16.8 Å². The molecular formula is C5H11NO3S. The van der Waals surface area contributed by atoms with Gasteiger partial charge in [-0.05, 0) is 6.42 Å². The quantitative estimate of drug-likeness (QED) is 0.568. The zero-order chi connectivity index (χ0) is 7.98. The Hall–Kier alpha value is -0.580. The molecule has 0 saturated carbocycles. The second kappa shape index (κ2) is 5.22. The Balaban J connectivity index is 3.44. The summed E-state index contributed by atoms with van der Waals surface area (Å²) in [6.45, 7) is 1.94. The fraction of sp³-hybridized carbons (Fsp3) is 0.800. The van der Waals surface area contributed by atoms with Crippen LogP contribution in [0.4, 0.5) is 0 Å². The SMILES string of the molecule is CCCCC(=O)N[SH](=O)=O. The minimum Gasteiger partial charge on any atom is -0.274 e. The van der Waals surface area contributed by atoms with Gasteiger partial charge in [0.1, 0.15) is 0 Å². The molecule has 0 aliphatic rings. The van der Waals surface area contributed by atoms with Crippen LogP contribution in [0.25, 0.3) is 0 Å². The number of hydrogen-bond donors (Lipinski definition) is 2. The molecule has 0 aromatic heterocycles. The molecule has 0 fully saturated rings. The third-order valence-corrected chi connectivity index (χ3v) is 1.41. The van der Waals surface area contributed by atoms with Gasteiger partial charge in [0.2, 0.25) is 16.8 Å². The standard InChI is InChI=1S/C5H11NO3S/c1-2-3-4-5(7)6-10(8)9/h10H,2-4H2,1H3,(H,6,7,8,9). The maximum Gasteiger partial charge on any atom is 0.233 e. The lowest BCUT2D eigenvalue weighted by Gasteiger charge is -1.94. The van der Waals surface area contributed by atoms with Gasteiger partial charge in [-0.25, -0.2) is 8.42 Å². The molecular weight excluding hydrogens is 154 g/mol. The maximum atomic E-state index is 10.5. The Morgan fingerprint density at radius 2 is 2.10 bits per heavy atom. The van der Waals surface area contributed by atoms with Crippen molar-refractivity contribution in [2.45, 2.75) is 26.2 Å². The molecule has 10 heavy (non-hydrogen) atoms. The van der Waals surface area contributed by atoms with Gasteiger partial charge in [-0.1, -0.05) is 13.3 Å². The van der Waals surface area contributed by atoms with Crippen molar-refractivity contribution in [2.24, 2.45) is 0 Å². The van der Waals surface area contributed by atoms with E-state index in [4.69, 9.17) is 0 Å².